The molecule has 0 amide bonds. The summed E-state index contributed by atoms with van der Waals surface area (Å²) in [7, 11) is 1.26. The van der Waals surface area contributed by atoms with Crippen molar-refractivity contribution in [2.75, 3.05) is 12.0 Å². The van der Waals surface area contributed by atoms with Gasteiger partial charge in [0.2, 0.25) is 0 Å². The van der Waals surface area contributed by atoms with Gasteiger partial charge in [0.15, 0.2) is 5.11 Å². The quantitative estimate of drug-likeness (QED) is 0.627. The maximum atomic E-state index is 14.4. The second-order valence-corrected chi connectivity index (χ2v) is 6.31. The van der Waals surface area contributed by atoms with Gasteiger partial charge in [-0.05, 0) is 36.8 Å². The van der Waals surface area contributed by atoms with Gasteiger partial charge in [0.1, 0.15) is 11.6 Å². The van der Waals surface area contributed by atoms with E-state index in [1.807, 2.05) is 37.3 Å². The zero-order chi connectivity index (χ0) is 19.6. The molecule has 0 saturated carbocycles. The highest BCUT2D eigenvalue weighted by Gasteiger charge is 2.37. The van der Waals surface area contributed by atoms with Crippen LogP contribution in [0, 0.1) is 11.6 Å². The first kappa shape index (κ1) is 19.0. The minimum absolute atomic E-state index is 0.123. The van der Waals surface area contributed by atoms with Crippen LogP contribution in [-0.4, -0.2) is 18.2 Å². The topological polar surface area (TPSA) is 41.6 Å². The predicted molar refractivity (Wildman–Crippen MR) is 103 cm³/mol. The number of rotatable bonds is 4. The molecule has 0 saturated heterocycles. The van der Waals surface area contributed by atoms with Gasteiger partial charge in [0.25, 0.3) is 0 Å². The molecule has 0 spiro atoms. The van der Waals surface area contributed by atoms with E-state index in [2.05, 4.69) is 5.32 Å². The van der Waals surface area contributed by atoms with Crippen molar-refractivity contribution < 1.29 is 18.3 Å². The van der Waals surface area contributed by atoms with Crippen molar-refractivity contribution >= 4 is 29.0 Å². The van der Waals surface area contributed by atoms with Gasteiger partial charge in [0.05, 0.1) is 18.7 Å². The zero-order valence-corrected chi connectivity index (χ0v) is 15.6. The molecule has 2 aromatic carbocycles. The second kappa shape index (κ2) is 7.84. The molecule has 2 aromatic rings. The van der Waals surface area contributed by atoms with Gasteiger partial charge >= 0.3 is 5.97 Å². The van der Waals surface area contributed by atoms with E-state index in [1.54, 1.807) is 4.90 Å². The third kappa shape index (κ3) is 3.55. The van der Waals surface area contributed by atoms with Crippen molar-refractivity contribution in [1.29, 1.82) is 0 Å². The minimum Gasteiger partial charge on any atom is -0.466 e. The van der Waals surface area contributed by atoms with E-state index in [1.165, 1.54) is 13.2 Å². The first-order chi connectivity index (χ1) is 13.0. The van der Waals surface area contributed by atoms with Crippen LogP contribution in [-0.2, 0) is 9.53 Å². The first-order valence-electron chi connectivity index (χ1n) is 8.39. The van der Waals surface area contributed by atoms with Crippen LogP contribution in [0.1, 0.15) is 24.9 Å². The number of carbonyl (C=O) groups is 1. The Balaban J connectivity index is 2.21. The molecule has 27 heavy (non-hydrogen) atoms. The first-order valence-corrected chi connectivity index (χ1v) is 8.80. The molecule has 0 fully saturated rings. The number of methoxy groups -OCH3 is 1. The van der Waals surface area contributed by atoms with Crippen LogP contribution in [0.3, 0.4) is 0 Å². The van der Waals surface area contributed by atoms with Crippen molar-refractivity contribution in [3.8, 4) is 0 Å². The van der Waals surface area contributed by atoms with Crippen LogP contribution in [0.2, 0.25) is 0 Å². The molecule has 0 unspecified atom stereocenters. The fourth-order valence-electron chi connectivity index (χ4n) is 3.18. The molecule has 1 N–H and O–H groups in total. The molecule has 1 aliphatic rings. The van der Waals surface area contributed by atoms with Gasteiger partial charge in [0, 0.05) is 23.0 Å². The van der Waals surface area contributed by atoms with Gasteiger partial charge in [-0.3, -0.25) is 4.90 Å². The number of anilines is 1. The van der Waals surface area contributed by atoms with Crippen LogP contribution in [0.25, 0.3) is 0 Å². The summed E-state index contributed by atoms with van der Waals surface area (Å²) >= 11 is 5.51. The summed E-state index contributed by atoms with van der Waals surface area (Å²) in [5, 5.41) is 3.33. The summed E-state index contributed by atoms with van der Waals surface area (Å²) in [6.07, 6.45) is 0.459. The van der Waals surface area contributed by atoms with Gasteiger partial charge in [-0.25, -0.2) is 13.6 Å². The monoisotopic (exact) mass is 388 g/mol. The Kier molecular flexibility index (Phi) is 5.51. The summed E-state index contributed by atoms with van der Waals surface area (Å²) in [5.41, 5.74) is 1.73. The highest BCUT2D eigenvalue weighted by molar-refractivity contribution is 7.80. The van der Waals surface area contributed by atoms with Gasteiger partial charge in [-0.1, -0.05) is 31.2 Å². The molecule has 3 rings (SSSR count). The highest BCUT2D eigenvalue weighted by Crippen LogP contribution is 2.36. The van der Waals surface area contributed by atoms with Crippen molar-refractivity contribution in [2.24, 2.45) is 0 Å². The smallest absolute Gasteiger partial charge is 0.338 e. The van der Waals surface area contributed by atoms with E-state index >= 15 is 0 Å². The lowest BCUT2D eigenvalue weighted by Crippen LogP contribution is -2.48. The number of nitrogens with zero attached hydrogens (tertiary/aromatic N) is 1. The number of thiocarbonyl (C=S) groups is 1. The van der Waals surface area contributed by atoms with E-state index in [0.29, 0.717) is 17.2 Å². The number of hydrogen-bond acceptors (Lipinski definition) is 3. The fraction of sp³-hybridized carbons (Fsp3) is 0.200. The Morgan fingerprint density at radius 2 is 1.93 bits per heavy atom. The predicted octanol–water partition coefficient (Wildman–Crippen LogP) is 4.24. The van der Waals surface area contributed by atoms with Crippen molar-refractivity contribution in [3.05, 3.63) is 77.0 Å². The summed E-state index contributed by atoms with van der Waals surface area (Å²) in [6.45, 7) is 1.88. The Bertz CT molecular complexity index is 915. The average molecular weight is 388 g/mol. The van der Waals surface area contributed by atoms with Crippen LogP contribution in [0.5, 0.6) is 0 Å². The van der Waals surface area contributed by atoms with E-state index in [9.17, 15) is 13.6 Å². The molecular formula is C20H18F2N2O2S. The summed E-state index contributed by atoms with van der Waals surface area (Å²) in [5.74, 6) is -2.06. The van der Waals surface area contributed by atoms with Crippen molar-refractivity contribution in [2.45, 2.75) is 19.4 Å². The molecule has 1 aliphatic heterocycles. The number of carbonyl (C=O) groups excluding carboxylic acids is 1. The largest absolute Gasteiger partial charge is 0.466 e. The van der Waals surface area contributed by atoms with Gasteiger partial charge < -0.3 is 10.1 Å². The van der Waals surface area contributed by atoms with Crippen molar-refractivity contribution in [3.63, 3.8) is 0 Å². The lowest BCUT2D eigenvalue weighted by atomic mass is 9.93. The Morgan fingerprint density at radius 3 is 2.52 bits per heavy atom. The molecule has 140 valence electrons. The lowest BCUT2D eigenvalue weighted by Gasteiger charge is -2.38. The molecule has 4 nitrogen and oxygen atoms in total. The molecule has 0 aliphatic carbocycles. The summed E-state index contributed by atoms with van der Waals surface area (Å²) in [4.78, 5) is 14.3. The number of para-hydroxylation sites is 1. The van der Waals surface area contributed by atoms with Crippen LogP contribution < -0.4 is 10.2 Å². The van der Waals surface area contributed by atoms with Crippen LogP contribution >= 0.6 is 12.2 Å². The molecule has 0 bridgehead atoms. The van der Waals surface area contributed by atoms with E-state index in [0.717, 1.165) is 17.8 Å². The Labute approximate surface area is 161 Å². The molecule has 7 heteroatoms. The standard InChI is InChI=1S/C20H18F2N2O2S/c1-3-16-17(19(25)26-2)18(14-10-9-12(21)11-15(14)22)23-20(27)24(16)13-7-5-4-6-8-13/h4-11,18H,3H2,1-2H3,(H,23,27)/t18-/m1/s1. The number of benzene rings is 2. The normalized spacial score (nSPS) is 17.0. The molecular weight excluding hydrogens is 370 g/mol. The van der Waals surface area contributed by atoms with E-state index in [4.69, 9.17) is 17.0 Å². The SMILES string of the molecule is CCC1=C(C(=O)OC)[C@@H](c2ccc(F)cc2F)NC(=S)N1c1ccccc1. The highest BCUT2D eigenvalue weighted by atomic mass is 32.1. The molecule has 1 atom stereocenters. The van der Waals surface area contributed by atoms with E-state index in [-0.39, 0.29) is 11.1 Å². The molecule has 0 aromatic heterocycles. The van der Waals surface area contributed by atoms with Crippen molar-refractivity contribution in [1.82, 2.24) is 5.32 Å². The van der Waals surface area contributed by atoms with Crippen LogP contribution in [0.15, 0.2) is 59.8 Å². The minimum atomic E-state index is -0.875. The number of ether oxygens (including phenoxy) is 1. The number of nitrogens with one attached hydrogen (secondary N) is 1. The third-order valence-corrected chi connectivity index (χ3v) is 4.67. The maximum absolute atomic E-state index is 14.4. The molecule has 1 heterocycles. The fourth-order valence-corrected chi connectivity index (χ4v) is 3.52. The number of halogens is 2. The maximum Gasteiger partial charge on any atom is 0.338 e. The number of esters is 1. The average Bonchev–Trinajstić information content (AvgIpc) is 2.67. The Morgan fingerprint density at radius 1 is 1.22 bits per heavy atom. The lowest BCUT2D eigenvalue weighted by molar-refractivity contribution is -0.136. The second-order valence-electron chi connectivity index (χ2n) is 5.92. The van der Waals surface area contributed by atoms with Gasteiger partial charge in [-0.15, -0.1) is 0 Å². The number of hydrogen-bond donors (Lipinski definition) is 1. The third-order valence-electron chi connectivity index (χ3n) is 4.37. The Hall–Kier alpha value is -2.80. The van der Waals surface area contributed by atoms with Gasteiger partial charge in [-0.2, -0.15) is 0 Å². The number of allylic oxidation sites excluding steroid dienone is 1. The van der Waals surface area contributed by atoms with Crippen LogP contribution in [0.4, 0.5) is 14.5 Å². The van der Waals surface area contributed by atoms with E-state index < -0.39 is 23.6 Å². The molecule has 0 radical (unpaired) electrons. The zero-order valence-electron chi connectivity index (χ0n) is 14.8. The summed E-state index contributed by atoms with van der Waals surface area (Å²) in [6, 6.07) is 11.7. The summed E-state index contributed by atoms with van der Waals surface area (Å²) < 4.78 is 32.7.